The molecule has 0 radical (unpaired) electrons. The van der Waals surface area contributed by atoms with Crippen LogP contribution in [0.15, 0.2) is 18.2 Å². The molecule has 1 saturated carbocycles. The summed E-state index contributed by atoms with van der Waals surface area (Å²) in [5.74, 6) is 0.0562. The summed E-state index contributed by atoms with van der Waals surface area (Å²) in [6.45, 7) is 0. The second-order valence-corrected chi connectivity index (χ2v) is 4.86. The molecule has 0 unspecified atom stereocenters. The minimum atomic E-state index is -0.0799. The number of rotatable bonds is 0. The first-order valence-electron chi connectivity index (χ1n) is 5.83. The fourth-order valence-electron chi connectivity index (χ4n) is 2.56. The monoisotopic (exact) mass is 227 g/mol. The Morgan fingerprint density at radius 3 is 2.76 bits per heavy atom. The van der Waals surface area contributed by atoms with Gasteiger partial charge in [-0.1, -0.05) is 0 Å². The van der Waals surface area contributed by atoms with Crippen LogP contribution in [0.4, 0.5) is 11.4 Å². The summed E-state index contributed by atoms with van der Waals surface area (Å²) >= 11 is 0. The van der Waals surface area contributed by atoms with Crippen molar-refractivity contribution < 1.29 is 4.79 Å². The van der Waals surface area contributed by atoms with Crippen molar-refractivity contribution >= 4 is 17.3 Å². The number of amides is 1. The van der Waals surface area contributed by atoms with Crippen molar-refractivity contribution in [2.24, 2.45) is 0 Å². The van der Waals surface area contributed by atoms with Gasteiger partial charge in [-0.15, -0.1) is 0 Å². The molecule has 1 heterocycles. The second-order valence-electron chi connectivity index (χ2n) is 4.86. The zero-order valence-electron chi connectivity index (χ0n) is 9.42. The highest BCUT2D eigenvalue weighted by Crippen LogP contribution is 2.42. The molecule has 1 aliphatic carbocycles. The predicted molar refractivity (Wildman–Crippen MR) is 64.6 cm³/mol. The van der Waals surface area contributed by atoms with E-state index in [-0.39, 0.29) is 11.4 Å². The first kappa shape index (κ1) is 10.2. The maximum Gasteiger partial charge on any atom is 0.226 e. The van der Waals surface area contributed by atoms with Crippen molar-refractivity contribution in [3.8, 4) is 6.07 Å². The lowest BCUT2D eigenvalue weighted by Crippen LogP contribution is -2.46. The number of carbonyl (C=O) groups excluding carboxylic acids is 1. The Balaban J connectivity index is 2.03. The molecular weight excluding hydrogens is 214 g/mol. The van der Waals surface area contributed by atoms with Crippen LogP contribution in [0, 0.1) is 11.3 Å². The highest BCUT2D eigenvalue weighted by atomic mass is 16.1. The fourth-order valence-corrected chi connectivity index (χ4v) is 2.56. The Morgan fingerprint density at radius 1 is 1.29 bits per heavy atom. The zero-order valence-corrected chi connectivity index (χ0v) is 9.42. The van der Waals surface area contributed by atoms with E-state index in [2.05, 4.69) is 16.7 Å². The van der Waals surface area contributed by atoms with Crippen molar-refractivity contribution in [1.29, 1.82) is 5.26 Å². The number of nitrogens with one attached hydrogen (secondary N) is 2. The summed E-state index contributed by atoms with van der Waals surface area (Å²) in [4.78, 5) is 11.8. The van der Waals surface area contributed by atoms with E-state index >= 15 is 0 Å². The van der Waals surface area contributed by atoms with Gasteiger partial charge in [0.05, 0.1) is 23.0 Å². The van der Waals surface area contributed by atoms with Crippen LogP contribution in [0.2, 0.25) is 0 Å². The van der Waals surface area contributed by atoms with Crippen LogP contribution in [-0.2, 0) is 4.79 Å². The SMILES string of the molecule is N#Cc1ccc2c(c1)NC1(CCC1)CC(=O)N2. The van der Waals surface area contributed by atoms with E-state index in [0.29, 0.717) is 12.0 Å². The predicted octanol–water partition coefficient (Wildman–Crippen LogP) is 2.24. The van der Waals surface area contributed by atoms with Gasteiger partial charge >= 0.3 is 0 Å². The molecule has 4 nitrogen and oxygen atoms in total. The average molecular weight is 227 g/mol. The molecule has 17 heavy (non-hydrogen) atoms. The topological polar surface area (TPSA) is 64.9 Å². The van der Waals surface area contributed by atoms with Crippen LogP contribution < -0.4 is 10.6 Å². The van der Waals surface area contributed by atoms with Crippen molar-refractivity contribution in [3.63, 3.8) is 0 Å². The molecule has 3 rings (SSSR count). The minimum absolute atomic E-state index is 0.0562. The number of benzene rings is 1. The summed E-state index contributed by atoms with van der Waals surface area (Å²) in [6, 6.07) is 7.44. The molecule has 4 heteroatoms. The Labute approximate surface area is 99.6 Å². The molecular formula is C13H13N3O. The van der Waals surface area contributed by atoms with E-state index in [9.17, 15) is 4.79 Å². The third kappa shape index (κ3) is 1.64. The van der Waals surface area contributed by atoms with Gasteiger partial charge in [0, 0.05) is 12.0 Å². The van der Waals surface area contributed by atoms with Crippen LogP contribution in [0.1, 0.15) is 31.2 Å². The van der Waals surface area contributed by atoms with Crippen molar-refractivity contribution in [2.45, 2.75) is 31.2 Å². The van der Waals surface area contributed by atoms with E-state index in [1.807, 2.05) is 0 Å². The summed E-state index contributed by atoms with van der Waals surface area (Å²) < 4.78 is 0. The van der Waals surface area contributed by atoms with Crippen LogP contribution in [0.3, 0.4) is 0 Å². The summed E-state index contributed by atoms with van der Waals surface area (Å²) in [5.41, 5.74) is 2.18. The highest BCUT2D eigenvalue weighted by Gasteiger charge is 2.40. The van der Waals surface area contributed by atoms with Crippen molar-refractivity contribution in [2.75, 3.05) is 10.6 Å². The standard InChI is InChI=1S/C13H13N3O/c14-8-9-2-3-10-11(6-9)16-13(4-1-5-13)7-12(17)15-10/h2-3,6,16H,1,4-5,7H2,(H,15,17). The Bertz CT molecular complexity index is 526. The molecule has 2 N–H and O–H groups in total. The third-order valence-electron chi connectivity index (χ3n) is 3.63. The summed E-state index contributed by atoms with van der Waals surface area (Å²) in [7, 11) is 0. The van der Waals surface area contributed by atoms with Gasteiger partial charge in [-0.3, -0.25) is 4.79 Å². The molecule has 0 bridgehead atoms. The van der Waals surface area contributed by atoms with Gasteiger partial charge in [0.25, 0.3) is 0 Å². The molecule has 1 aromatic rings. The first-order valence-corrected chi connectivity index (χ1v) is 5.83. The van der Waals surface area contributed by atoms with Gasteiger partial charge in [0.15, 0.2) is 0 Å². The van der Waals surface area contributed by atoms with Gasteiger partial charge in [-0.25, -0.2) is 0 Å². The van der Waals surface area contributed by atoms with Gasteiger partial charge in [-0.05, 0) is 37.5 Å². The maximum absolute atomic E-state index is 11.8. The number of hydrogen-bond acceptors (Lipinski definition) is 3. The van der Waals surface area contributed by atoms with Gasteiger partial charge in [0.2, 0.25) is 5.91 Å². The minimum Gasteiger partial charge on any atom is -0.377 e. The molecule has 0 aromatic heterocycles. The van der Waals surface area contributed by atoms with Crippen molar-refractivity contribution in [3.05, 3.63) is 23.8 Å². The number of carbonyl (C=O) groups is 1. The van der Waals surface area contributed by atoms with Crippen LogP contribution in [-0.4, -0.2) is 11.4 Å². The van der Waals surface area contributed by atoms with E-state index in [1.165, 1.54) is 0 Å². The number of nitriles is 1. The van der Waals surface area contributed by atoms with E-state index < -0.39 is 0 Å². The molecule has 1 spiro atoms. The van der Waals surface area contributed by atoms with Gasteiger partial charge < -0.3 is 10.6 Å². The average Bonchev–Trinajstić information content (AvgIpc) is 2.42. The first-order chi connectivity index (χ1) is 8.21. The van der Waals surface area contributed by atoms with E-state index in [1.54, 1.807) is 18.2 Å². The van der Waals surface area contributed by atoms with Crippen LogP contribution in [0.5, 0.6) is 0 Å². The molecule has 1 aromatic carbocycles. The van der Waals surface area contributed by atoms with E-state index in [0.717, 1.165) is 30.6 Å². The number of nitrogens with zero attached hydrogens (tertiary/aromatic N) is 1. The number of fused-ring (bicyclic) bond motifs is 1. The molecule has 1 aliphatic heterocycles. The Kier molecular flexibility index (Phi) is 2.08. The third-order valence-corrected chi connectivity index (χ3v) is 3.63. The smallest absolute Gasteiger partial charge is 0.226 e. The van der Waals surface area contributed by atoms with Crippen LogP contribution in [0.25, 0.3) is 0 Å². The second kappa shape index (κ2) is 3.49. The zero-order chi connectivity index (χ0) is 11.9. The normalized spacial score (nSPS) is 20.3. The molecule has 1 fully saturated rings. The van der Waals surface area contributed by atoms with Gasteiger partial charge in [-0.2, -0.15) is 5.26 Å². The summed E-state index contributed by atoms with van der Waals surface area (Å²) in [6.07, 6.45) is 3.73. The number of hydrogen-bond donors (Lipinski definition) is 2. The largest absolute Gasteiger partial charge is 0.377 e. The van der Waals surface area contributed by atoms with Crippen molar-refractivity contribution in [1.82, 2.24) is 0 Å². The van der Waals surface area contributed by atoms with E-state index in [4.69, 9.17) is 5.26 Å². The molecule has 0 atom stereocenters. The van der Waals surface area contributed by atoms with Gasteiger partial charge in [0.1, 0.15) is 0 Å². The number of anilines is 2. The quantitative estimate of drug-likeness (QED) is 0.714. The Morgan fingerprint density at radius 2 is 2.12 bits per heavy atom. The maximum atomic E-state index is 11.8. The fraction of sp³-hybridized carbons (Fsp3) is 0.385. The molecule has 0 saturated heterocycles. The van der Waals surface area contributed by atoms with Crippen LogP contribution >= 0.6 is 0 Å². The molecule has 86 valence electrons. The lowest BCUT2D eigenvalue weighted by molar-refractivity contribution is -0.117. The lowest BCUT2D eigenvalue weighted by atomic mass is 9.74. The molecule has 1 amide bonds. The molecule has 2 aliphatic rings. The highest BCUT2D eigenvalue weighted by molar-refractivity contribution is 5.97. The lowest BCUT2D eigenvalue weighted by Gasteiger charge is -2.41. The Hall–Kier alpha value is -2.02. The summed E-state index contributed by atoms with van der Waals surface area (Å²) in [5, 5.41) is 15.2.